The minimum Gasteiger partial charge on any atom is -0.298 e. The van der Waals surface area contributed by atoms with Crippen LogP contribution >= 0.6 is 0 Å². The molecule has 2 aliphatic rings. The van der Waals surface area contributed by atoms with Gasteiger partial charge in [-0.05, 0) is 120 Å². The Morgan fingerprint density at radius 1 is 0.593 bits per heavy atom. The first-order valence-corrected chi connectivity index (χ1v) is 19.1. The van der Waals surface area contributed by atoms with Crippen molar-refractivity contribution >= 4 is 71.8 Å². The number of pyridine rings is 2. The Hall–Kier alpha value is -6.26. The number of hydrogen-bond acceptors (Lipinski definition) is 4. The predicted octanol–water partition coefficient (Wildman–Crippen LogP) is 13.4. The third kappa shape index (κ3) is 4.83. The molecule has 10 rings (SSSR count). The second-order valence-electron chi connectivity index (χ2n) is 15.4. The van der Waals surface area contributed by atoms with E-state index < -0.39 is 0 Å². The van der Waals surface area contributed by atoms with E-state index in [1.54, 1.807) is 0 Å². The summed E-state index contributed by atoms with van der Waals surface area (Å²) in [5.41, 5.74) is 6.97. The number of fused-ring (bicyclic) bond motifs is 2. The zero-order valence-corrected chi connectivity index (χ0v) is 31.2. The lowest BCUT2D eigenvalue weighted by atomic mass is 9.62. The lowest BCUT2D eigenvalue weighted by Crippen LogP contribution is -2.41. The Morgan fingerprint density at radius 3 is 1.85 bits per heavy atom. The smallest absolute Gasteiger partial charge is 0.137 e. The maximum absolute atomic E-state index is 5.03. The van der Waals surface area contributed by atoms with Crippen LogP contribution in [0.3, 0.4) is 0 Å². The van der Waals surface area contributed by atoms with Crippen molar-refractivity contribution in [2.24, 2.45) is 17.3 Å². The van der Waals surface area contributed by atoms with E-state index in [9.17, 15) is 0 Å². The molecule has 0 aliphatic heterocycles. The number of allylic oxidation sites excluding steroid dienone is 5. The molecule has 4 heteroatoms. The highest BCUT2D eigenvalue weighted by Gasteiger charge is 2.44. The summed E-state index contributed by atoms with van der Waals surface area (Å²) in [5, 5.41) is 9.92. The van der Waals surface area contributed by atoms with Gasteiger partial charge in [0.1, 0.15) is 11.6 Å². The highest BCUT2D eigenvalue weighted by molar-refractivity contribution is 6.29. The molecule has 0 saturated carbocycles. The van der Waals surface area contributed by atoms with E-state index in [1.165, 1.54) is 59.9 Å². The number of rotatable bonds is 6. The van der Waals surface area contributed by atoms with Gasteiger partial charge in [0.05, 0.1) is 17.1 Å². The fourth-order valence-electron chi connectivity index (χ4n) is 9.58. The van der Waals surface area contributed by atoms with E-state index in [0.29, 0.717) is 11.8 Å². The average Bonchev–Trinajstić information content (AvgIpc) is 3.20. The van der Waals surface area contributed by atoms with Crippen LogP contribution in [0.1, 0.15) is 31.4 Å². The molecule has 0 saturated heterocycles. The van der Waals surface area contributed by atoms with Crippen molar-refractivity contribution in [3.8, 4) is 0 Å². The summed E-state index contributed by atoms with van der Waals surface area (Å²) >= 11 is 0. The SMILES string of the molecule is Cc1cc(N(C2=CCC(C)C3C=CC=CC23C)c2ccccn2)c2ccc3c(C)cc(N(c4ccccn4)c4cccc5ccccc45)c4ccc1c2c34. The van der Waals surface area contributed by atoms with Crippen LogP contribution in [0, 0.1) is 31.1 Å². The van der Waals surface area contributed by atoms with Gasteiger partial charge in [0.25, 0.3) is 0 Å². The maximum atomic E-state index is 5.03. The van der Waals surface area contributed by atoms with Crippen LogP contribution in [-0.4, -0.2) is 9.97 Å². The van der Waals surface area contributed by atoms with Crippen molar-refractivity contribution in [2.45, 2.75) is 34.1 Å². The molecule has 2 aromatic heterocycles. The van der Waals surface area contributed by atoms with E-state index in [4.69, 9.17) is 9.97 Å². The molecule has 0 amide bonds. The number of hydrogen-bond donors (Lipinski definition) is 0. The van der Waals surface area contributed by atoms with Gasteiger partial charge >= 0.3 is 0 Å². The Bertz CT molecular complexity index is 2810. The molecule has 0 bridgehead atoms. The summed E-state index contributed by atoms with van der Waals surface area (Å²) in [6.07, 6.45) is 16.6. The van der Waals surface area contributed by atoms with E-state index in [1.807, 2.05) is 24.5 Å². The molecule has 8 aromatic rings. The van der Waals surface area contributed by atoms with Crippen LogP contribution in [0.25, 0.3) is 43.1 Å². The van der Waals surface area contributed by atoms with Crippen molar-refractivity contribution in [3.05, 3.63) is 175 Å². The fraction of sp³-hybridized carbons (Fsp3) is 0.160. The highest BCUT2D eigenvalue weighted by Crippen LogP contribution is 2.54. The number of benzene rings is 6. The van der Waals surface area contributed by atoms with E-state index in [2.05, 4.69) is 171 Å². The number of anilines is 5. The number of aromatic nitrogens is 2. The highest BCUT2D eigenvalue weighted by atomic mass is 15.2. The molecule has 0 fully saturated rings. The minimum atomic E-state index is -0.187. The lowest BCUT2D eigenvalue weighted by Gasteiger charge is -2.48. The molecule has 0 spiro atoms. The quantitative estimate of drug-likeness (QED) is 0.162. The molecule has 262 valence electrons. The lowest BCUT2D eigenvalue weighted by molar-refractivity contribution is 0.247. The average molecular weight is 699 g/mol. The molecule has 3 unspecified atom stereocenters. The standard InChI is InChI=1S/C50H42N4/c1-32-21-26-45(50(4)27-10-7-17-41(32)50)54(47-20-9-12-29-52-47)44-31-34(3)37-22-24-39-43(30-33(2)36-23-25-40(44)49(37)48(36)39)53(46-19-8-11-28-51-46)42-18-13-15-35-14-5-6-16-38(35)42/h5-20,22-32,41H,21H2,1-4H3. The molecular formula is C50H42N4. The van der Waals surface area contributed by atoms with Crippen LogP contribution in [0.5, 0.6) is 0 Å². The molecule has 54 heavy (non-hydrogen) atoms. The van der Waals surface area contributed by atoms with E-state index >= 15 is 0 Å². The van der Waals surface area contributed by atoms with Crippen molar-refractivity contribution in [2.75, 3.05) is 9.80 Å². The van der Waals surface area contributed by atoms with Crippen LogP contribution < -0.4 is 9.80 Å². The molecule has 2 heterocycles. The van der Waals surface area contributed by atoms with Gasteiger partial charge in [-0.2, -0.15) is 0 Å². The van der Waals surface area contributed by atoms with Crippen LogP contribution in [-0.2, 0) is 0 Å². The van der Waals surface area contributed by atoms with Crippen molar-refractivity contribution in [1.82, 2.24) is 9.97 Å². The third-order valence-corrected chi connectivity index (χ3v) is 12.2. The van der Waals surface area contributed by atoms with Gasteiger partial charge in [-0.15, -0.1) is 0 Å². The third-order valence-electron chi connectivity index (χ3n) is 12.2. The Labute approximate surface area is 316 Å². The Morgan fingerprint density at radius 2 is 1.19 bits per heavy atom. The van der Waals surface area contributed by atoms with Gasteiger partial charge in [-0.3, -0.25) is 9.80 Å². The summed E-state index contributed by atoms with van der Waals surface area (Å²) in [4.78, 5) is 14.8. The van der Waals surface area contributed by atoms with Gasteiger partial charge in [0, 0.05) is 39.7 Å². The second kappa shape index (κ2) is 12.4. The summed E-state index contributed by atoms with van der Waals surface area (Å²) in [7, 11) is 0. The first-order chi connectivity index (χ1) is 26.4. The van der Waals surface area contributed by atoms with Gasteiger partial charge in [0.2, 0.25) is 0 Å². The molecule has 4 nitrogen and oxygen atoms in total. The first kappa shape index (κ1) is 32.4. The molecule has 0 N–H and O–H groups in total. The molecule has 0 radical (unpaired) electrons. The number of nitrogens with zero attached hydrogens (tertiary/aromatic N) is 4. The number of aryl methyl sites for hydroxylation is 2. The van der Waals surface area contributed by atoms with Crippen molar-refractivity contribution < 1.29 is 0 Å². The first-order valence-electron chi connectivity index (χ1n) is 19.1. The van der Waals surface area contributed by atoms with Crippen molar-refractivity contribution in [3.63, 3.8) is 0 Å². The van der Waals surface area contributed by atoms with Gasteiger partial charge in [0.15, 0.2) is 0 Å². The predicted molar refractivity (Wildman–Crippen MR) is 228 cm³/mol. The maximum Gasteiger partial charge on any atom is 0.137 e. The normalized spacial score (nSPS) is 19.4. The molecule has 3 atom stereocenters. The molecule has 2 aliphatic carbocycles. The van der Waals surface area contributed by atoms with Crippen LogP contribution in [0.15, 0.2) is 164 Å². The van der Waals surface area contributed by atoms with Crippen LogP contribution in [0.4, 0.5) is 28.7 Å². The Balaban J connectivity index is 1.28. The zero-order valence-electron chi connectivity index (χ0n) is 31.2. The summed E-state index contributed by atoms with van der Waals surface area (Å²) in [6, 6.07) is 41.8. The molecule has 6 aromatic carbocycles. The largest absolute Gasteiger partial charge is 0.298 e. The summed E-state index contributed by atoms with van der Waals surface area (Å²) in [5.74, 6) is 2.76. The van der Waals surface area contributed by atoms with E-state index in [0.717, 1.165) is 35.1 Å². The minimum absolute atomic E-state index is 0.187. The molecular weight excluding hydrogens is 657 g/mol. The summed E-state index contributed by atoms with van der Waals surface area (Å²) < 4.78 is 0. The summed E-state index contributed by atoms with van der Waals surface area (Å²) in [6.45, 7) is 9.31. The second-order valence-corrected chi connectivity index (χ2v) is 15.4. The van der Waals surface area contributed by atoms with Crippen molar-refractivity contribution in [1.29, 1.82) is 0 Å². The van der Waals surface area contributed by atoms with Crippen LogP contribution in [0.2, 0.25) is 0 Å². The van der Waals surface area contributed by atoms with Gasteiger partial charge in [-0.1, -0.05) is 110 Å². The van der Waals surface area contributed by atoms with E-state index in [-0.39, 0.29) is 5.41 Å². The monoisotopic (exact) mass is 698 g/mol. The topological polar surface area (TPSA) is 32.3 Å². The van der Waals surface area contributed by atoms with Gasteiger partial charge in [-0.25, -0.2) is 9.97 Å². The van der Waals surface area contributed by atoms with Gasteiger partial charge < -0.3 is 0 Å². The fourth-order valence-corrected chi connectivity index (χ4v) is 9.58. The Kier molecular flexibility index (Phi) is 7.45. The zero-order chi connectivity index (χ0) is 36.6.